The SMILES string of the molecule is CCN(C(=O)C=[N+]=[N-])c1cccc(OC)c1. The van der Waals surface area contributed by atoms with Crippen molar-refractivity contribution in [1.82, 2.24) is 0 Å². The van der Waals surface area contributed by atoms with Crippen LogP contribution in [0.2, 0.25) is 0 Å². The number of carbonyl (C=O) groups is 1. The molecule has 16 heavy (non-hydrogen) atoms. The molecule has 0 bridgehead atoms. The van der Waals surface area contributed by atoms with E-state index in [9.17, 15) is 4.79 Å². The van der Waals surface area contributed by atoms with Gasteiger partial charge in [0.1, 0.15) is 5.75 Å². The van der Waals surface area contributed by atoms with Crippen LogP contribution in [-0.4, -0.2) is 30.6 Å². The Balaban J connectivity index is 3.03. The lowest BCUT2D eigenvalue weighted by Crippen LogP contribution is -2.31. The zero-order valence-corrected chi connectivity index (χ0v) is 9.25. The fourth-order valence-electron chi connectivity index (χ4n) is 1.36. The van der Waals surface area contributed by atoms with Crippen molar-refractivity contribution in [1.29, 1.82) is 0 Å². The predicted octanol–water partition coefficient (Wildman–Crippen LogP) is 1.35. The van der Waals surface area contributed by atoms with E-state index in [1.807, 2.05) is 6.92 Å². The third-order valence-electron chi connectivity index (χ3n) is 2.12. The summed E-state index contributed by atoms with van der Waals surface area (Å²) < 4.78 is 5.07. The second-order valence-electron chi connectivity index (χ2n) is 3.03. The predicted molar refractivity (Wildman–Crippen MR) is 60.7 cm³/mol. The van der Waals surface area contributed by atoms with E-state index in [-0.39, 0.29) is 5.91 Å². The zero-order chi connectivity index (χ0) is 12.0. The molecule has 0 aliphatic carbocycles. The molecule has 0 aliphatic rings. The van der Waals surface area contributed by atoms with Crippen molar-refractivity contribution in [3.8, 4) is 5.75 Å². The minimum atomic E-state index is -0.377. The van der Waals surface area contributed by atoms with E-state index in [0.717, 1.165) is 6.21 Å². The van der Waals surface area contributed by atoms with E-state index >= 15 is 0 Å². The highest BCUT2D eigenvalue weighted by molar-refractivity contribution is 6.30. The third-order valence-corrected chi connectivity index (χ3v) is 2.12. The van der Waals surface area contributed by atoms with Crippen LogP contribution in [0.25, 0.3) is 5.53 Å². The first kappa shape index (κ1) is 11.9. The van der Waals surface area contributed by atoms with Crippen LogP contribution in [0.4, 0.5) is 5.69 Å². The molecule has 0 fully saturated rings. The standard InChI is InChI=1S/C11H13N3O2/c1-3-14(11(15)8-13-12)9-5-4-6-10(7-9)16-2/h4-8H,3H2,1-2H3. The van der Waals surface area contributed by atoms with Gasteiger partial charge in [-0.1, -0.05) is 6.07 Å². The normalized spacial score (nSPS) is 9.12. The Hall–Kier alpha value is -2.13. The maximum atomic E-state index is 11.6. The number of hydrogen-bond acceptors (Lipinski definition) is 2. The fourth-order valence-corrected chi connectivity index (χ4v) is 1.36. The molecule has 0 heterocycles. The average Bonchev–Trinajstić information content (AvgIpc) is 2.31. The van der Waals surface area contributed by atoms with Gasteiger partial charge in [-0.25, -0.2) is 0 Å². The molecule has 1 aromatic rings. The number of ether oxygens (including phenoxy) is 1. The first-order valence-corrected chi connectivity index (χ1v) is 4.86. The van der Waals surface area contributed by atoms with Gasteiger partial charge in [0.05, 0.1) is 7.11 Å². The number of methoxy groups -OCH3 is 1. The van der Waals surface area contributed by atoms with E-state index in [1.54, 1.807) is 31.4 Å². The molecule has 84 valence electrons. The van der Waals surface area contributed by atoms with E-state index < -0.39 is 0 Å². The Bertz CT molecular complexity index is 425. The summed E-state index contributed by atoms with van der Waals surface area (Å²) >= 11 is 0. The summed E-state index contributed by atoms with van der Waals surface area (Å²) in [7, 11) is 1.56. The molecule has 0 atom stereocenters. The van der Waals surface area contributed by atoms with Crippen LogP contribution in [-0.2, 0) is 4.79 Å². The Morgan fingerprint density at radius 3 is 2.94 bits per heavy atom. The highest BCUT2D eigenvalue weighted by atomic mass is 16.5. The first-order valence-electron chi connectivity index (χ1n) is 4.86. The second-order valence-corrected chi connectivity index (χ2v) is 3.03. The lowest BCUT2D eigenvalue weighted by atomic mass is 10.2. The third kappa shape index (κ3) is 2.68. The molecule has 0 aromatic heterocycles. The lowest BCUT2D eigenvalue weighted by molar-refractivity contribution is -0.115. The summed E-state index contributed by atoms with van der Waals surface area (Å²) in [5, 5.41) is 0. The van der Waals surface area contributed by atoms with Gasteiger partial charge in [0, 0.05) is 18.3 Å². The highest BCUT2D eigenvalue weighted by Crippen LogP contribution is 2.20. The van der Waals surface area contributed by atoms with Crippen LogP contribution in [0.5, 0.6) is 5.75 Å². The quantitative estimate of drug-likeness (QED) is 0.436. The summed E-state index contributed by atoms with van der Waals surface area (Å²) in [6, 6.07) is 7.11. The highest BCUT2D eigenvalue weighted by Gasteiger charge is 2.15. The molecule has 0 N–H and O–H groups in total. The van der Waals surface area contributed by atoms with E-state index in [1.165, 1.54) is 4.90 Å². The van der Waals surface area contributed by atoms with Gasteiger partial charge in [-0.2, -0.15) is 4.79 Å². The molecule has 0 aliphatic heterocycles. The molecule has 0 spiro atoms. The van der Waals surface area contributed by atoms with Crippen LogP contribution < -0.4 is 9.64 Å². The van der Waals surface area contributed by atoms with Gasteiger partial charge in [-0.05, 0) is 19.1 Å². The average molecular weight is 219 g/mol. The van der Waals surface area contributed by atoms with Crippen molar-refractivity contribution < 1.29 is 14.3 Å². The van der Waals surface area contributed by atoms with Gasteiger partial charge >= 0.3 is 12.1 Å². The van der Waals surface area contributed by atoms with Gasteiger partial charge in [-0.3, -0.25) is 4.79 Å². The van der Waals surface area contributed by atoms with Gasteiger partial charge < -0.3 is 15.2 Å². The smallest absolute Gasteiger partial charge is 0.345 e. The molecular formula is C11H13N3O2. The van der Waals surface area contributed by atoms with Gasteiger partial charge in [0.15, 0.2) is 0 Å². The Kier molecular flexibility index (Phi) is 4.24. The van der Waals surface area contributed by atoms with E-state index in [4.69, 9.17) is 10.3 Å². The number of amides is 1. The number of hydrogen-bond donors (Lipinski definition) is 0. The maximum absolute atomic E-state index is 11.6. The largest absolute Gasteiger partial charge is 0.497 e. The van der Waals surface area contributed by atoms with Crippen molar-refractivity contribution in [2.45, 2.75) is 6.92 Å². The number of rotatable bonds is 4. The Morgan fingerprint density at radius 1 is 1.62 bits per heavy atom. The molecule has 0 radical (unpaired) electrons. The topological polar surface area (TPSA) is 65.9 Å². The summed E-state index contributed by atoms with van der Waals surface area (Å²) in [6.07, 6.45) is 0.864. The van der Waals surface area contributed by atoms with Crippen LogP contribution in [0, 0.1) is 0 Å². The fraction of sp³-hybridized carbons (Fsp3) is 0.273. The lowest BCUT2D eigenvalue weighted by Gasteiger charge is -2.17. The van der Waals surface area contributed by atoms with Gasteiger partial charge in [-0.15, -0.1) is 0 Å². The molecular weight excluding hydrogens is 206 g/mol. The number of benzene rings is 1. The molecule has 1 amide bonds. The molecule has 1 rings (SSSR count). The second kappa shape index (κ2) is 5.68. The van der Waals surface area contributed by atoms with Crippen molar-refractivity contribution in [2.75, 3.05) is 18.6 Å². The molecule has 1 aromatic carbocycles. The van der Waals surface area contributed by atoms with Crippen molar-refractivity contribution in [3.63, 3.8) is 0 Å². The number of nitrogens with zero attached hydrogens (tertiary/aromatic N) is 3. The Morgan fingerprint density at radius 2 is 2.38 bits per heavy atom. The van der Waals surface area contributed by atoms with Crippen LogP contribution in [0.15, 0.2) is 24.3 Å². The summed E-state index contributed by atoms with van der Waals surface area (Å²) in [5.74, 6) is 0.294. The molecule has 5 heteroatoms. The van der Waals surface area contributed by atoms with E-state index in [0.29, 0.717) is 18.0 Å². The monoisotopic (exact) mass is 219 g/mol. The van der Waals surface area contributed by atoms with Crippen molar-refractivity contribution in [3.05, 3.63) is 29.8 Å². The first-order chi connectivity index (χ1) is 7.72. The molecule has 0 saturated carbocycles. The molecule has 0 saturated heterocycles. The summed E-state index contributed by atoms with van der Waals surface area (Å²) in [6.45, 7) is 2.32. The van der Waals surface area contributed by atoms with Crippen LogP contribution in [0.3, 0.4) is 0 Å². The zero-order valence-electron chi connectivity index (χ0n) is 9.25. The number of anilines is 1. The van der Waals surface area contributed by atoms with Crippen molar-refractivity contribution >= 4 is 17.8 Å². The minimum Gasteiger partial charge on any atom is -0.497 e. The Labute approximate surface area is 93.9 Å². The molecule has 0 unspecified atom stereocenters. The van der Waals surface area contributed by atoms with Gasteiger partial charge in [0.25, 0.3) is 0 Å². The van der Waals surface area contributed by atoms with Crippen molar-refractivity contribution in [2.24, 2.45) is 0 Å². The van der Waals surface area contributed by atoms with Crippen LogP contribution >= 0.6 is 0 Å². The summed E-state index contributed by atoms with van der Waals surface area (Å²) in [4.78, 5) is 15.7. The molecule has 5 nitrogen and oxygen atoms in total. The van der Waals surface area contributed by atoms with Crippen LogP contribution in [0.1, 0.15) is 6.92 Å². The minimum absolute atomic E-state index is 0.377. The number of carbonyl (C=O) groups excluding carboxylic acids is 1. The summed E-state index contributed by atoms with van der Waals surface area (Å²) in [5.41, 5.74) is 9.03. The van der Waals surface area contributed by atoms with Gasteiger partial charge in [0.2, 0.25) is 0 Å². The maximum Gasteiger partial charge on any atom is 0.345 e. The van der Waals surface area contributed by atoms with E-state index in [2.05, 4.69) is 4.79 Å².